The van der Waals surface area contributed by atoms with E-state index in [0.29, 0.717) is 0 Å². The van der Waals surface area contributed by atoms with Gasteiger partial charge in [0.05, 0.1) is 6.54 Å². The van der Waals surface area contributed by atoms with Crippen molar-refractivity contribution in [3.63, 3.8) is 0 Å². The van der Waals surface area contributed by atoms with Gasteiger partial charge in [-0.25, -0.2) is 8.78 Å². The number of hydrogen-bond donors (Lipinski definition) is 0. The fourth-order valence-corrected chi connectivity index (χ4v) is 0.650. The maximum absolute atomic E-state index is 11.7. The fraction of sp³-hybridized carbons (Fsp3) is 0.833. The molecule has 0 radical (unpaired) electrons. The summed E-state index contributed by atoms with van der Waals surface area (Å²) in [6, 6.07) is -0.590. The summed E-state index contributed by atoms with van der Waals surface area (Å²) < 4.78 is 23.5. The zero-order valence-electron chi connectivity index (χ0n) is 6.55. The second kappa shape index (κ2) is 4.87. The van der Waals surface area contributed by atoms with E-state index in [1.165, 1.54) is 7.05 Å². The molecule has 0 saturated heterocycles. The minimum absolute atomic E-state index is 0.264. The SMILES string of the molecule is CCN(CC(F)F)C([O-])=NC. The molecule has 0 spiro atoms. The second-order valence-electron chi connectivity index (χ2n) is 1.94. The normalized spacial score (nSPS) is 12.3. The number of nitrogens with zero attached hydrogens (tertiary/aromatic N) is 2. The first-order valence-corrected chi connectivity index (χ1v) is 3.28. The van der Waals surface area contributed by atoms with Gasteiger partial charge in [0.1, 0.15) is 0 Å². The van der Waals surface area contributed by atoms with Crippen LogP contribution in [0.15, 0.2) is 4.99 Å². The van der Waals surface area contributed by atoms with Gasteiger partial charge in [0.15, 0.2) is 0 Å². The average molecular weight is 165 g/mol. The van der Waals surface area contributed by atoms with Gasteiger partial charge in [-0.3, -0.25) is 4.99 Å². The topological polar surface area (TPSA) is 38.7 Å². The molecule has 3 nitrogen and oxygen atoms in total. The summed E-state index contributed by atoms with van der Waals surface area (Å²) in [5, 5.41) is 10.7. The van der Waals surface area contributed by atoms with Gasteiger partial charge < -0.3 is 10.0 Å². The number of amidine groups is 1. The van der Waals surface area contributed by atoms with Gasteiger partial charge in [0.2, 0.25) is 0 Å². The number of alkyl halides is 2. The molecule has 0 heterocycles. The third-order valence-corrected chi connectivity index (χ3v) is 1.20. The minimum atomic E-state index is -2.49. The Hall–Kier alpha value is -0.870. The maximum Gasteiger partial charge on any atom is 0.255 e. The highest BCUT2D eigenvalue weighted by Gasteiger charge is 2.07. The highest BCUT2D eigenvalue weighted by Crippen LogP contribution is 1.96. The van der Waals surface area contributed by atoms with Crippen molar-refractivity contribution < 1.29 is 13.9 Å². The fourth-order valence-electron chi connectivity index (χ4n) is 0.650. The lowest BCUT2D eigenvalue weighted by Crippen LogP contribution is -2.42. The van der Waals surface area contributed by atoms with E-state index >= 15 is 0 Å². The van der Waals surface area contributed by atoms with E-state index in [-0.39, 0.29) is 6.54 Å². The first-order chi connectivity index (χ1) is 5.11. The lowest BCUT2D eigenvalue weighted by Gasteiger charge is -2.27. The Balaban J connectivity index is 3.95. The predicted molar refractivity (Wildman–Crippen MR) is 36.6 cm³/mol. The van der Waals surface area contributed by atoms with Gasteiger partial charge in [0.25, 0.3) is 6.43 Å². The molecule has 0 N–H and O–H groups in total. The molecule has 0 unspecified atom stereocenters. The number of halogens is 2. The molecule has 0 saturated carbocycles. The zero-order valence-corrected chi connectivity index (χ0v) is 6.55. The number of rotatable bonds is 3. The van der Waals surface area contributed by atoms with E-state index in [4.69, 9.17) is 0 Å². The molecule has 0 aliphatic heterocycles. The van der Waals surface area contributed by atoms with Crippen LogP contribution >= 0.6 is 0 Å². The van der Waals surface area contributed by atoms with Crippen molar-refractivity contribution >= 4 is 6.02 Å². The summed E-state index contributed by atoms with van der Waals surface area (Å²) >= 11 is 0. The van der Waals surface area contributed by atoms with Crippen molar-refractivity contribution in [2.45, 2.75) is 13.3 Å². The minimum Gasteiger partial charge on any atom is -0.846 e. The van der Waals surface area contributed by atoms with Crippen LogP contribution in [0.25, 0.3) is 0 Å². The predicted octanol–water partition coefficient (Wildman–Crippen LogP) is -0.0805. The van der Waals surface area contributed by atoms with Crippen LogP contribution in [-0.4, -0.2) is 37.5 Å². The lowest BCUT2D eigenvalue weighted by atomic mass is 10.5. The standard InChI is InChI=1S/C6H12F2N2O/c1-3-10(4-5(7)8)6(11)9-2/h5H,3-4H2,1-2H3,(H,9,11)/p-1. The van der Waals surface area contributed by atoms with E-state index in [9.17, 15) is 13.9 Å². The molecule has 11 heavy (non-hydrogen) atoms. The second-order valence-corrected chi connectivity index (χ2v) is 1.94. The summed E-state index contributed by atoms with van der Waals surface area (Å²) in [6.45, 7) is 1.36. The Morgan fingerprint density at radius 1 is 1.64 bits per heavy atom. The van der Waals surface area contributed by atoms with Crippen LogP contribution in [0.4, 0.5) is 8.78 Å². The molecule has 0 amide bonds. The van der Waals surface area contributed by atoms with Crippen molar-refractivity contribution in [1.29, 1.82) is 0 Å². The molecule has 5 heteroatoms. The average Bonchev–Trinajstić information content (AvgIpc) is 1.98. The van der Waals surface area contributed by atoms with Gasteiger partial charge in [-0.1, -0.05) is 0 Å². The monoisotopic (exact) mass is 165 g/mol. The summed E-state index contributed by atoms with van der Waals surface area (Å²) in [7, 11) is 1.29. The highest BCUT2D eigenvalue weighted by atomic mass is 19.3. The molecule has 0 aromatic rings. The van der Waals surface area contributed by atoms with Gasteiger partial charge in [-0.05, 0) is 6.92 Å². The van der Waals surface area contributed by atoms with E-state index in [2.05, 4.69) is 4.99 Å². The van der Waals surface area contributed by atoms with Crippen molar-refractivity contribution in [2.75, 3.05) is 20.1 Å². The number of hydrogen-bond acceptors (Lipinski definition) is 2. The molecule has 0 aliphatic rings. The zero-order chi connectivity index (χ0) is 8.85. The lowest BCUT2D eigenvalue weighted by molar-refractivity contribution is -0.236. The van der Waals surface area contributed by atoms with Crippen LogP contribution in [0.5, 0.6) is 0 Å². The highest BCUT2D eigenvalue weighted by molar-refractivity contribution is 5.68. The molecule has 0 aromatic heterocycles. The van der Waals surface area contributed by atoms with Gasteiger partial charge in [-0.2, -0.15) is 0 Å². The summed E-state index contributed by atoms with van der Waals surface area (Å²) in [5.74, 6) is 0. The van der Waals surface area contributed by atoms with Gasteiger partial charge in [-0.15, -0.1) is 0 Å². The molecule has 0 bridgehead atoms. The van der Waals surface area contributed by atoms with E-state index < -0.39 is 19.0 Å². The Kier molecular flexibility index (Phi) is 4.49. The third-order valence-electron chi connectivity index (χ3n) is 1.20. The van der Waals surface area contributed by atoms with E-state index in [1.807, 2.05) is 0 Å². The van der Waals surface area contributed by atoms with Crippen LogP contribution < -0.4 is 5.11 Å². The molecule has 66 valence electrons. The molecule has 0 aromatic carbocycles. The van der Waals surface area contributed by atoms with Gasteiger partial charge >= 0.3 is 0 Å². The van der Waals surface area contributed by atoms with E-state index in [1.54, 1.807) is 6.92 Å². The largest absolute Gasteiger partial charge is 0.846 e. The van der Waals surface area contributed by atoms with Crippen LogP contribution in [0.2, 0.25) is 0 Å². The molecule has 0 aliphatic carbocycles. The Morgan fingerprint density at radius 3 is 2.45 bits per heavy atom. The molecular weight excluding hydrogens is 154 g/mol. The summed E-state index contributed by atoms with van der Waals surface area (Å²) in [5.41, 5.74) is 0. The van der Waals surface area contributed by atoms with Crippen LogP contribution in [-0.2, 0) is 0 Å². The van der Waals surface area contributed by atoms with Crippen molar-refractivity contribution in [1.82, 2.24) is 4.90 Å². The Labute approximate surface area is 64.3 Å². The molecule has 0 atom stereocenters. The van der Waals surface area contributed by atoms with Gasteiger partial charge in [0, 0.05) is 19.6 Å². The molecular formula is C6H11F2N2O-. The quantitative estimate of drug-likeness (QED) is 0.433. The van der Waals surface area contributed by atoms with Crippen LogP contribution in [0.1, 0.15) is 6.92 Å². The smallest absolute Gasteiger partial charge is 0.255 e. The summed E-state index contributed by atoms with van der Waals surface area (Å²) in [4.78, 5) is 4.26. The van der Waals surface area contributed by atoms with Crippen molar-refractivity contribution in [3.05, 3.63) is 0 Å². The Bertz CT molecular complexity index is 139. The van der Waals surface area contributed by atoms with E-state index in [0.717, 1.165) is 4.90 Å². The Morgan fingerprint density at radius 2 is 2.18 bits per heavy atom. The first kappa shape index (κ1) is 10.1. The molecule has 0 fully saturated rings. The summed E-state index contributed by atoms with van der Waals surface area (Å²) in [6.07, 6.45) is -2.49. The first-order valence-electron chi connectivity index (χ1n) is 3.28. The third kappa shape index (κ3) is 3.75. The molecule has 0 rings (SSSR count). The van der Waals surface area contributed by atoms with Crippen molar-refractivity contribution in [3.8, 4) is 0 Å². The van der Waals surface area contributed by atoms with Crippen LogP contribution in [0.3, 0.4) is 0 Å². The number of aliphatic imine (C=N–C) groups is 1. The van der Waals surface area contributed by atoms with Crippen LogP contribution in [0, 0.1) is 0 Å². The van der Waals surface area contributed by atoms with Crippen molar-refractivity contribution in [2.24, 2.45) is 4.99 Å². The maximum atomic E-state index is 11.7.